The Morgan fingerprint density at radius 2 is 1.29 bits per heavy atom. The molecule has 0 bridgehead atoms. The minimum absolute atomic E-state index is 0.107. The molecule has 0 spiro atoms. The van der Waals surface area contributed by atoms with Crippen LogP contribution < -0.4 is 9.47 Å². The molecule has 0 unspecified atom stereocenters. The first-order valence-electron chi connectivity index (χ1n) is 15.5. The molecule has 6 heteroatoms. The topological polar surface area (TPSA) is 63.2 Å². The van der Waals surface area contributed by atoms with Crippen LogP contribution in [-0.2, 0) is 40.5 Å². The Bertz CT molecular complexity index is 1450. The monoisotopic (exact) mass is 608 g/mol. The summed E-state index contributed by atoms with van der Waals surface area (Å²) in [7, 11) is 3.17. The number of benzene rings is 4. The predicted molar refractivity (Wildman–Crippen MR) is 178 cm³/mol. The first kappa shape index (κ1) is 33.7. The van der Waals surface area contributed by atoms with E-state index >= 15 is 0 Å². The molecule has 1 atom stereocenters. The molecule has 0 radical (unpaired) electrons. The molecular formula is C39H44O6. The number of allylic oxidation sites excluding steroid dienone is 2. The quantitative estimate of drug-likeness (QED) is 0.0604. The van der Waals surface area contributed by atoms with Crippen LogP contribution in [0.3, 0.4) is 0 Å². The summed E-state index contributed by atoms with van der Waals surface area (Å²) in [5.41, 5.74) is 4.39. The summed E-state index contributed by atoms with van der Waals surface area (Å²) in [6.07, 6.45) is 5.90. The number of hydrogen-bond donors (Lipinski definition) is 0. The lowest BCUT2D eigenvalue weighted by molar-refractivity contribution is -0.100. The maximum atomic E-state index is 13.9. The van der Waals surface area contributed by atoms with Gasteiger partial charge >= 0.3 is 0 Å². The summed E-state index contributed by atoms with van der Waals surface area (Å²) < 4.78 is 29.7. The van der Waals surface area contributed by atoms with Crippen molar-refractivity contribution in [3.63, 3.8) is 0 Å². The average Bonchev–Trinajstić information content (AvgIpc) is 3.09. The van der Waals surface area contributed by atoms with Gasteiger partial charge in [0.15, 0.2) is 12.1 Å². The zero-order valence-electron chi connectivity index (χ0n) is 26.5. The molecule has 0 N–H and O–H groups in total. The van der Waals surface area contributed by atoms with E-state index in [4.69, 9.17) is 23.7 Å². The molecule has 6 nitrogen and oxygen atoms in total. The van der Waals surface area contributed by atoms with Crippen LogP contribution >= 0.6 is 0 Å². The summed E-state index contributed by atoms with van der Waals surface area (Å²) >= 11 is 0. The van der Waals surface area contributed by atoms with Crippen LogP contribution in [0.1, 0.15) is 58.8 Å². The van der Waals surface area contributed by atoms with E-state index < -0.39 is 6.29 Å². The first-order valence-corrected chi connectivity index (χ1v) is 15.5. The van der Waals surface area contributed by atoms with E-state index in [1.807, 2.05) is 91.0 Å². The molecule has 4 rings (SSSR count). The van der Waals surface area contributed by atoms with Gasteiger partial charge in [-0.1, -0.05) is 104 Å². The highest BCUT2D eigenvalue weighted by Gasteiger charge is 2.22. The largest absolute Gasteiger partial charge is 0.489 e. The third-order valence-corrected chi connectivity index (χ3v) is 7.51. The van der Waals surface area contributed by atoms with Crippen molar-refractivity contribution in [3.8, 4) is 11.5 Å². The molecule has 0 aromatic heterocycles. The average molecular weight is 609 g/mol. The maximum absolute atomic E-state index is 13.9. The number of rotatable bonds is 19. The number of carbonyl (C=O) groups excluding carboxylic acids is 1. The fourth-order valence-corrected chi connectivity index (χ4v) is 4.95. The van der Waals surface area contributed by atoms with Crippen molar-refractivity contribution in [2.45, 2.75) is 64.8 Å². The Labute approximate surface area is 267 Å². The number of hydrogen-bond acceptors (Lipinski definition) is 6. The lowest BCUT2D eigenvalue weighted by Crippen LogP contribution is -2.19. The van der Waals surface area contributed by atoms with Gasteiger partial charge in [-0.15, -0.1) is 0 Å². The van der Waals surface area contributed by atoms with Gasteiger partial charge in [0.05, 0.1) is 18.3 Å². The molecule has 0 saturated heterocycles. The van der Waals surface area contributed by atoms with E-state index in [1.165, 1.54) is 0 Å². The van der Waals surface area contributed by atoms with Crippen molar-refractivity contribution in [3.05, 3.63) is 143 Å². The Morgan fingerprint density at radius 3 is 1.84 bits per heavy atom. The van der Waals surface area contributed by atoms with Crippen LogP contribution in [0, 0.1) is 0 Å². The zero-order valence-corrected chi connectivity index (χ0v) is 26.5. The SMILES string of the molecule is CC[C@@H](CC/C=C/C(=O)c1c(CC(OC)OC)cc(OCc2ccccc2)cc1OCc1ccccc1)OCc1ccccc1. The normalized spacial score (nSPS) is 12.0. The third-order valence-electron chi connectivity index (χ3n) is 7.51. The van der Waals surface area contributed by atoms with Crippen molar-refractivity contribution >= 4 is 5.78 Å². The maximum Gasteiger partial charge on any atom is 0.189 e. The van der Waals surface area contributed by atoms with Gasteiger partial charge in [0.1, 0.15) is 24.7 Å². The van der Waals surface area contributed by atoms with Crippen LogP contribution in [0.15, 0.2) is 115 Å². The van der Waals surface area contributed by atoms with E-state index in [9.17, 15) is 4.79 Å². The van der Waals surface area contributed by atoms with Crippen molar-refractivity contribution in [1.29, 1.82) is 0 Å². The molecule has 0 heterocycles. The molecule has 0 aliphatic rings. The second-order valence-electron chi connectivity index (χ2n) is 10.8. The van der Waals surface area contributed by atoms with Crippen molar-refractivity contribution in [1.82, 2.24) is 0 Å². The number of ether oxygens (including phenoxy) is 5. The molecule has 236 valence electrons. The summed E-state index contributed by atoms with van der Waals surface area (Å²) in [6.45, 7) is 3.39. The number of ketones is 1. The minimum Gasteiger partial charge on any atom is -0.489 e. The minimum atomic E-state index is -0.543. The Morgan fingerprint density at radius 1 is 0.733 bits per heavy atom. The van der Waals surface area contributed by atoms with Crippen LogP contribution in [0.2, 0.25) is 0 Å². The molecule has 0 aliphatic carbocycles. The highest BCUT2D eigenvalue weighted by Crippen LogP contribution is 2.32. The summed E-state index contributed by atoms with van der Waals surface area (Å²) in [5.74, 6) is 0.911. The van der Waals surface area contributed by atoms with E-state index in [-0.39, 0.29) is 11.9 Å². The number of carbonyl (C=O) groups is 1. The van der Waals surface area contributed by atoms with Crippen molar-refractivity contribution in [2.75, 3.05) is 14.2 Å². The summed E-state index contributed by atoms with van der Waals surface area (Å²) in [6, 6.07) is 33.7. The van der Waals surface area contributed by atoms with Crippen LogP contribution in [0.25, 0.3) is 0 Å². The van der Waals surface area contributed by atoms with Crippen LogP contribution in [0.4, 0.5) is 0 Å². The lowest BCUT2D eigenvalue weighted by Gasteiger charge is -2.20. The molecule has 0 fully saturated rings. The van der Waals surface area contributed by atoms with Gasteiger partial charge in [-0.3, -0.25) is 4.79 Å². The van der Waals surface area contributed by atoms with Gasteiger partial charge in [0, 0.05) is 26.7 Å². The van der Waals surface area contributed by atoms with Crippen LogP contribution in [-0.4, -0.2) is 32.4 Å². The highest BCUT2D eigenvalue weighted by molar-refractivity contribution is 6.07. The molecule has 0 amide bonds. The Balaban J connectivity index is 1.55. The van der Waals surface area contributed by atoms with Gasteiger partial charge in [-0.25, -0.2) is 0 Å². The van der Waals surface area contributed by atoms with Gasteiger partial charge in [-0.2, -0.15) is 0 Å². The number of methoxy groups -OCH3 is 2. The van der Waals surface area contributed by atoms with Gasteiger partial charge in [-0.05, 0) is 53.7 Å². The fourth-order valence-electron chi connectivity index (χ4n) is 4.95. The fraction of sp³-hybridized carbons (Fsp3) is 0.308. The van der Waals surface area contributed by atoms with E-state index in [0.717, 1.165) is 35.1 Å². The molecule has 4 aromatic rings. The molecule has 4 aromatic carbocycles. The van der Waals surface area contributed by atoms with E-state index in [1.54, 1.807) is 26.4 Å². The first-order chi connectivity index (χ1) is 22.1. The van der Waals surface area contributed by atoms with Crippen LogP contribution in [0.5, 0.6) is 11.5 Å². The van der Waals surface area contributed by atoms with Crippen molar-refractivity contribution < 1.29 is 28.5 Å². The van der Waals surface area contributed by atoms with E-state index in [2.05, 4.69) is 19.1 Å². The van der Waals surface area contributed by atoms with E-state index in [0.29, 0.717) is 49.7 Å². The van der Waals surface area contributed by atoms with Gasteiger partial charge in [0.25, 0.3) is 0 Å². The molecule has 0 aliphatic heterocycles. The standard InChI is InChI=1S/C39H44O6/c1-4-34(43-27-30-16-8-5-9-17-30)22-14-15-23-36(40)39-33(25-38(41-2)42-3)24-35(44-28-31-18-10-6-11-19-31)26-37(39)45-29-32-20-12-7-13-21-32/h5-13,15-21,23-24,26,34,38H,4,14,22,25,27-29H2,1-3H3/b23-15+/t34-/m0/s1. The summed E-state index contributed by atoms with van der Waals surface area (Å²) in [5, 5.41) is 0. The second kappa shape index (κ2) is 18.5. The summed E-state index contributed by atoms with van der Waals surface area (Å²) in [4.78, 5) is 13.9. The van der Waals surface area contributed by atoms with Gasteiger partial charge in [0.2, 0.25) is 0 Å². The highest BCUT2D eigenvalue weighted by atomic mass is 16.7. The Kier molecular flexibility index (Phi) is 13.9. The molecule has 0 saturated carbocycles. The zero-order chi connectivity index (χ0) is 31.7. The Hall–Kier alpha value is -4.23. The van der Waals surface area contributed by atoms with Crippen molar-refractivity contribution in [2.24, 2.45) is 0 Å². The predicted octanol–water partition coefficient (Wildman–Crippen LogP) is 8.52. The lowest BCUT2D eigenvalue weighted by atomic mass is 9.98. The molecular weight excluding hydrogens is 564 g/mol. The van der Waals surface area contributed by atoms with Gasteiger partial charge < -0.3 is 23.7 Å². The third kappa shape index (κ3) is 11.0. The molecule has 45 heavy (non-hydrogen) atoms. The smallest absolute Gasteiger partial charge is 0.189 e. The second-order valence-corrected chi connectivity index (χ2v) is 10.8.